The van der Waals surface area contributed by atoms with E-state index in [1.54, 1.807) is 29.9 Å². The zero-order chi connectivity index (χ0) is 14.2. The molecule has 1 aromatic heterocycles. The number of aryl methyl sites for hydroxylation is 1. The molecule has 0 fully saturated rings. The molecule has 2 aromatic rings. The quantitative estimate of drug-likeness (QED) is 0.679. The second-order valence-electron chi connectivity index (χ2n) is 4.70. The standard InChI is InChI=1S/C13H16N4O2/c1-8(2)11-12(15-16(3)13(11)14)9-6-4-5-7-10(9)17(18)19/h4-8H,14H2,1-3H3. The number of hydrogen-bond acceptors (Lipinski definition) is 4. The normalized spacial score (nSPS) is 10.9. The average molecular weight is 260 g/mol. The van der Waals surface area contributed by atoms with Crippen molar-refractivity contribution in [2.24, 2.45) is 7.05 Å². The Kier molecular flexibility index (Phi) is 3.25. The molecule has 0 aliphatic heterocycles. The van der Waals surface area contributed by atoms with E-state index in [1.165, 1.54) is 6.07 Å². The summed E-state index contributed by atoms with van der Waals surface area (Å²) in [6, 6.07) is 6.58. The topological polar surface area (TPSA) is 87.0 Å². The first-order valence-corrected chi connectivity index (χ1v) is 5.99. The van der Waals surface area contributed by atoms with Gasteiger partial charge < -0.3 is 5.73 Å². The lowest BCUT2D eigenvalue weighted by atomic mass is 9.98. The number of rotatable bonds is 3. The average Bonchev–Trinajstić information content (AvgIpc) is 2.65. The molecule has 19 heavy (non-hydrogen) atoms. The number of hydrogen-bond donors (Lipinski definition) is 1. The molecule has 0 unspecified atom stereocenters. The highest BCUT2D eigenvalue weighted by Gasteiger charge is 2.23. The first-order chi connectivity index (χ1) is 8.93. The van der Waals surface area contributed by atoms with Crippen LogP contribution in [-0.4, -0.2) is 14.7 Å². The third kappa shape index (κ3) is 2.16. The molecule has 0 amide bonds. The van der Waals surface area contributed by atoms with Crippen LogP contribution in [0.2, 0.25) is 0 Å². The highest BCUT2D eigenvalue weighted by Crippen LogP contribution is 2.36. The molecule has 0 radical (unpaired) electrons. The molecule has 100 valence electrons. The molecule has 0 saturated heterocycles. The Morgan fingerprint density at radius 1 is 1.37 bits per heavy atom. The van der Waals surface area contributed by atoms with E-state index >= 15 is 0 Å². The molecule has 0 aliphatic rings. The second-order valence-corrected chi connectivity index (χ2v) is 4.70. The van der Waals surface area contributed by atoms with Crippen LogP contribution in [0.3, 0.4) is 0 Å². The number of nitrogens with zero attached hydrogens (tertiary/aromatic N) is 3. The maximum absolute atomic E-state index is 11.1. The van der Waals surface area contributed by atoms with Crippen LogP contribution in [0, 0.1) is 10.1 Å². The van der Waals surface area contributed by atoms with E-state index in [2.05, 4.69) is 5.10 Å². The molecule has 2 N–H and O–H groups in total. The summed E-state index contributed by atoms with van der Waals surface area (Å²) in [5.74, 6) is 0.687. The molecule has 2 rings (SSSR count). The van der Waals surface area contributed by atoms with Crippen molar-refractivity contribution >= 4 is 11.5 Å². The predicted octanol–water partition coefficient (Wildman–Crippen LogP) is 2.70. The van der Waals surface area contributed by atoms with E-state index in [-0.39, 0.29) is 11.6 Å². The fraction of sp³-hybridized carbons (Fsp3) is 0.308. The van der Waals surface area contributed by atoms with Crippen LogP contribution in [0.1, 0.15) is 25.3 Å². The van der Waals surface area contributed by atoms with Crippen LogP contribution < -0.4 is 5.73 Å². The van der Waals surface area contributed by atoms with Crippen molar-refractivity contribution in [3.05, 3.63) is 39.9 Å². The maximum Gasteiger partial charge on any atom is 0.278 e. The first-order valence-electron chi connectivity index (χ1n) is 5.99. The van der Waals surface area contributed by atoms with Gasteiger partial charge in [-0.1, -0.05) is 26.0 Å². The molecule has 1 heterocycles. The lowest BCUT2D eigenvalue weighted by Crippen LogP contribution is -2.00. The van der Waals surface area contributed by atoms with E-state index in [9.17, 15) is 10.1 Å². The summed E-state index contributed by atoms with van der Waals surface area (Å²) < 4.78 is 1.56. The summed E-state index contributed by atoms with van der Waals surface area (Å²) in [6.07, 6.45) is 0. The van der Waals surface area contributed by atoms with Crippen molar-refractivity contribution in [3.63, 3.8) is 0 Å². The Morgan fingerprint density at radius 3 is 2.58 bits per heavy atom. The minimum absolute atomic E-state index is 0.0440. The van der Waals surface area contributed by atoms with Gasteiger partial charge in [-0.2, -0.15) is 5.10 Å². The smallest absolute Gasteiger partial charge is 0.278 e. The van der Waals surface area contributed by atoms with Crippen LogP contribution in [0.15, 0.2) is 24.3 Å². The highest BCUT2D eigenvalue weighted by molar-refractivity contribution is 5.76. The molecule has 0 atom stereocenters. The van der Waals surface area contributed by atoms with Crippen LogP contribution in [0.5, 0.6) is 0 Å². The van der Waals surface area contributed by atoms with Gasteiger partial charge in [0.1, 0.15) is 11.5 Å². The van der Waals surface area contributed by atoms with Gasteiger partial charge in [-0.15, -0.1) is 0 Å². The van der Waals surface area contributed by atoms with Gasteiger partial charge >= 0.3 is 0 Å². The fourth-order valence-electron chi connectivity index (χ4n) is 2.15. The SMILES string of the molecule is CC(C)c1c(-c2ccccc2[N+](=O)[O-])nn(C)c1N. The summed E-state index contributed by atoms with van der Waals surface area (Å²) in [5.41, 5.74) is 7.98. The predicted molar refractivity (Wildman–Crippen MR) is 73.8 cm³/mol. The van der Waals surface area contributed by atoms with Gasteiger partial charge in [-0.05, 0) is 12.0 Å². The highest BCUT2D eigenvalue weighted by atomic mass is 16.6. The number of nitrogen functional groups attached to an aromatic ring is 1. The van der Waals surface area contributed by atoms with Crippen LogP contribution in [0.25, 0.3) is 11.3 Å². The molecular weight excluding hydrogens is 244 g/mol. The number of anilines is 1. The summed E-state index contributed by atoms with van der Waals surface area (Å²) in [5, 5.41) is 15.4. The van der Waals surface area contributed by atoms with E-state index < -0.39 is 4.92 Å². The third-order valence-electron chi connectivity index (χ3n) is 3.06. The van der Waals surface area contributed by atoms with Gasteiger partial charge in [-0.25, -0.2) is 0 Å². The molecular formula is C13H16N4O2. The molecule has 1 aromatic carbocycles. The molecule has 0 bridgehead atoms. The summed E-state index contributed by atoms with van der Waals surface area (Å²) in [6.45, 7) is 3.98. The fourth-order valence-corrected chi connectivity index (χ4v) is 2.15. The van der Waals surface area contributed by atoms with Gasteiger partial charge in [0, 0.05) is 18.7 Å². The number of benzene rings is 1. The Bertz CT molecular complexity index is 632. The zero-order valence-electron chi connectivity index (χ0n) is 11.1. The Morgan fingerprint density at radius 2 is 2.00 bits per heavy atom. The Balaban J connectivity index is 2.73. The Hall–Kier alpha value is -2.37. The minimum atomic E-state index is -0.399. The second kappa shape index (κ2) is 4.72. The summed E-state index contributed by atoms with van der Waals surface area (Å²) >= 11 is 0. The largest absolute Gasteiger partial charge is 0.384 e. The van der Waals surface area contributed by atoms with Crippen LogP contribution >= 0.6 is 0 Å². The van der Waals surface area contributed by atoms with Crippen molar-refractivity contribution < 1.29 is 4.92 Å². The number of nitrogens with two attached hydrogens (primary N) is 1. The van der Waals surface area contributed by atoms with Crippen molar-refractivity contribution in [3.8, 4) is 11.3 Å². The van der Waals surface area contributed by atoms with E-state index in [4.69, 9.17) is 5.73 Å². The zero-order valence-corrected chi connectivity index (χ0v) is 11.1. The maximum atomic E-state index is 11.1. The summed E-state index contributed by atoms with van der Waals surface area (Å²) in [7, 11) is 1.74. The molecule has 0 spiro atoms. The van der Waals surface area contributed by atoms with Gasteiger partial charge in [0.05, 0.1) is 10.5 Å². The van der Waals surface area contributed by atoms with Gasteiger partial charge in [0.25, 0.3) is 5.69 Å². The van der Waals surface area contributed by atoms with Crippen molar-refractivity contribution in [1.29, 1.82) is 0 Å². The molecule has 0 aliphatic carbocycles. The number of para-hydroxylation sites is 1. The molecule has 6 heteroatoms. The van der Waals surface area contributed by atoms with Crippen molar-refractivity contribution in [1.82, 2.24) is 9.78 Å². The lowest BCUT2D eigenvalue weighted by molar-refractivity contribution is -0.384. The van der Waals surface area contributed by atoms with E-state index in [1.807, 2.05) is 13.8 Å². The Labute approximate surface area is 111 Å². The van der Waals surface area contributed by atoms with Gasteiger partial charge in [0.2, 0.25) is 0 Å². The lowest BCUT2D eigenvalue weighted by Gasteiger charge is -2.07. The number of nitro benzene ring substituents is 1. The minimum Gasteiger partial charge on any atom is -0.384 e. The van der Waals surface area contributed by atoms with E-state index in [0.717, 1.165) is 5.56 Å². The van der Waals surface area contributed by atoms with Crippen molar-refractivity contribution in [2.45, 2.75) is 19.8 Å². The number of aromatic nitrogens is 2. The monoisotopic (exact) mass is 260 g/mol. The van der Waals surface area contributed by atoms with Gasteiger partial charge in [-0.3, -0.25) is 14.8 Å². The molecule has 0 saturated carbocycles. The number of nitro groups is 1. The molecule has 6 nitrogen and oxygen atoms in total. The third-order valence-corrected chi connectivity index (χ3v) is 3.06. The van der Waals surface area contributed by atoms with Gasteiger partial charge in [0.15, 0.2) is 0 Å². The van der Waals surface area contributed by atoms with E-state index in [0.29, 0.717) is 17.1 Å². The van der Waals surface area contributed by atoms with Crippen molar-refractivity contribution in [2.75, 3.05) is 5.73 Å². The summed E-state index contributed by atoms with van der Waals surface area (Å²) in [4.78, 5) is 10.7. The first kappa shape index (κ1) is 13.1. The van der Waals surface area contributed by atoms with Crippen LogP contribution in [-0.2, 0) is 7.05 Å². The van der Waals surface area contributed by atoms with Crippen LogP contribution in [0.4, 0.5) is 11.5 Å².